The van der Waals surface area contributed by atoms with Crippen molar-refractivity contribution < 1.29 is 14.0 Å². The van der Waals surface area contributed by atoms with E-state index in [1.807, 2.05) is 18.2 Å². The second kappa shape index (κ2) is 6.93. The van der Waals surface area contributed by atoms with Gasteiger partial charge in [-0.2, -0.15) is 0 Å². The molecule has 0 saturated carbocycles. The van der Waals surface area contributed by atoms with E-state index in [2.05, 4.69) is 10.6 Å². The summed E-state index contributed by atoms with van der Waals surface area (Å²) in [5.74, 6) is -0.766. The van der Waals surface area contributed by atoms with Crippen molar-refractivity contribution in [2.75, 3.05) is 22.1 Å². The number of hydrogen-bond acceptors (Lipinski definition) is 3. The number of nitrogens with one attached hydrogen (secondary N) is 2. The monoisotopic (exact) mass is 341 g/mol. The van der Waals surface area contributed by atoms with Gasteiger partial charge in [-0.15, -0.1) is 0 Å². The summed E-state index contributed by atoms with van der Waals surface area (Å²) in [5, 5.41) is 5.69. The molecular weight excluding hydrogens is 321 g/mol. The normalized spacial score (nSPS) is 14.0. The maximum absolute atomic E-state index is 13.6. The lowest BCUT2D eigenvalue weighted by atomic mass is 10.1. The predicted octanol–water partition coefficient (Wildman–Crippen LogP) is 3.17. The Bertz CT molecular complexity index is 822. The van der Waals surface area contributed by atoms with E-state index in [0.29, 0.717) is 6.54 Å². The topological polar surface area (TPSA) is 61.4 Å². The molecule has 0 aliphatic carbocycles. The fourth-order valence-corrected chi connectivity index (χ4v) is 2.94. The van der Waals surface area contributed by atoms with Crippen LogP contribution in [0.3, 0.4) is 0 Å². The molecule has 5 nitrogen and oxygen atoms in total. The standard InChI is InChI=1S/C19H20FN3O2/c1-12(19(25)22-17-6-4-3-5-16(17)20)21-15-7-8-18-14(11-15)9-10-23(18)13(2)24/h3-8,11-12,21H,9-10H2,1-2H3,(H,22,25). The van der Waals surface area contributed by atoms with Crippen molar-refractivity contribution in [1.29, 1.82) is 0 Å². The molecule has 0 fully saturated rings. The Morgan fingerprint density at radius 2 is 1.96 bits per heavy atom. The van der Waals surface area contributed by atoms with Crippen LogP contribution in [0.5, 0.6) is 0 Å². The third kappa shape index (κ3) is 3.63. The van der Waals surface area contributed by atoms with Gasteiger partial charge in [0.1, 0.15) is 11.9 Å². The largest absolute Gasteiger partial charge is 0.374 e. The van der Waals surface area contributed by atoms with Gasteiger partial charge in [-0.1, -0.05) is 12.1 Å². The molecule has 2 aromatic rings. The molecule has 2 aromatic carbocycles. The van der Waals surface area contributed by atoms with E-state index in [1.54, 1.807) is 30.9 Å². The van der Waals surface area contributed by atoms with Gasteiger partial charge >= 0.3 is 0 Å². The lowest BCUT2D eigenvalue weighted by Gasteiger charge is -2.18. The zero-order valence-electron chi connectivity index (χ0n) is 14.2. The van der Waals surface area contributed by atoms with Crippen molar-refractivity contribution in [3.63, 3.8) is 0 Å². The van der Waals surface area contributed by atoms with Crippen LogP contribution in [0.4, 0.5) is 21.5 Å². The van der Waals surface area contributed by atoms with Gasteiger partial charge in [-0.05, 0) is 49.2 Å². The Labute approximate surface area is 145 Å². The molecule has 3 rings (SSSR count). The van der Waals surface area contributed by atoms with Crippen LogP contribution in [-0.4, -0.2) is 24.4 Å². The van der Waals surface area contributed by atoms with E-state index in [0.717, 1.165) is 23.4 Å². The fraction of sp³-hybridized carbons (Fsp3) is 0.263. The number of benzene rings is 2. The molecule has 0 spiro atoms. The molecule has 0 aromatic heterocycles. The minimum absolute atomic E-state index is 0.0251. The molecular formula is C19H20FN3O2. The molecule has 130 valence electrons. The molecule has 0 bridgehead atoms. The molecule has 6 heteroatoms. The van der Waals surface area contributed by atoms with Crippen LogP contribution in [0.1, 0.15) is 19.4 Å². The fourth-order valence-electron chi connectivity index (χ4n) is 2.94. The highest BCUT2D eigenvalue weighted by Gasteiger charge is 2.22. The highest BCUT2D eigenvalue weighted by atomic mass is 19.1. The van der Waals surface area contributed by atoms with E-state index in [4.69, 9.17) is 0 Å². The number of rotatable bonds is 4. The van der Waals surface area contributed by atoms with Crippen LogP contribution >= 0.6 is 0 Å². The Morgan fingerprint density at radius 3 is 2.68 bits per heavy atom. The van der Waals surface area contributed by atoms with Crippen LogP contribution in [0.15, 0.2) is 42.5 Å². The Morgan fingerprint density at radius 1 is 1.20 bits per heavy atom. The van der Waals surface area contributed by atoms with Crippen molar-refractivity contribution in [3.8, 4) is 0 Å². The summed E-state index contributed by atoms with van der Waals surface area (Å²) in [6.07, 6.45) is 0.792. The molecule has 1 atom stereocenters. The smallest absolute Gasteiger partial charge is 0.246 e. The zero-order chi connectivity index (χ0) is 18.0. The third-order valence-electron chi connectivity index (χ3n) is 4.26. The highest BCUT2D eigenvalue weighted by Crippen LogP contribution is 2.30. The molecule has 1 aliphatic heterocycles. The van der Waals surface area contributed by atoms with E-state index < -0.39 is 11.9 Å². The number of hydrogen-bond donors (Lipinski definition) is 2. The summed E-state index contributed by atoms with van der Waals surface area (Å²) in [6, 6.07) is 11.2. The summed E-state index contributed by atoms with van der Waals surface area (Å²) >= 11 is 0. The first kappa shape index (κ1) is 17.0. The van der Waals surface area contributed by atoms with Gasteiger partial charge in [0.2, 0.25) is 11.8 Å². The number of para-hydroxylation sites is 1. The zero-order valence-corrected chi connectivity index (χ0v) is 14.2. The van der Waals surface area contributed by atoms with Gasteiger partial charge in [-0.3, -0.25) is 9.59 Å². The molecule has 25 heavy (non-hydrogen) atoms. The van der Waals surface area contributed by atoms with Gasteiger partial charge in [0, 0.05) is 24.8 Å². The lowest BCUT2D eigenvalue weighted by Crippen LogP contribution is -2.32. The summed E-state index contributed by atoms with van der Waals surface area (Å²) in [4.78, 5) is 25.6. The number of fused-ring (bicyclic) bond motifs is 1. The first-order valence-electron chi connectivity index (χ1n) is 8.18. The average molecular weight is 341 g/mol. The SMILES string of the molecule is CC(=O)N1CCc2cc(NC(C)C(=O)Nc3ccccc3F)ccc21. The number of halogens is 1. The Balaban J connectivity index is 1.67. The number of carbonyl (C=O) groups is 2. The molecule has 1 aliphatic rings. The van der Waals surface area contributed by atoms with E-state index in [1.165, 1.54) is 12.1 Å². The third-order valence-corrected chi connectivity index (χ3v) is 4.26. The van der Waals surface area contributed by atoms with Crippen LogP contribution in [0, 0.1) is 5.82 Å². The van der Waals surface area contributed by atoms with E-state index in [9.17, 15) is 14.0 Å². The van der Waals surface area contributed by atoms with Gasteiger partial charge in [0.25, 0.3) is 0 Å². The first-order valence-corrected chi connectivity index (χ1v) is 8.18. The van der Waals surface area contributed by atoms with Gasteiger partial charge in [0.15, 0.2) is 0 Å². The van der Waals surface area contributed by atoms with Crippen LogP contribution in [0.2, 0.25) is 0 Å². The number of carbonyl (C=O) groups excluding carboxylic acids is 2. The highest BCUT2D eigenvalue weighted by molar-refractivity contribution is 5.97. The van der Waals surface area contributed by atoms with Crippen molar-refractivity contribution in [1.82, 2.24) is 0 Å². The van der Waals surface area contributed by atoms with E-state index in [-0.39, 0.29) is 17.5 Å². The predicted molar refractivity (Wildman–Crippen MR) is 96.3 cm³/mol. The molecule has 2 N–H and O–H groups in total. The minimum Gasteiger partial charge on any atom is -0.374 e. The van der Waals surface area contributed by atoms with Gasteiger partial charge < -0.3 is 15.5 Å². The maximum Gasteiger partial charge on any atom is 0.246 e. The number of nitrogens with zero attached hydrogens (tertiary/aromatic N) is 1. The first-order chi connectivity index (χ1) is 12.0. The minimum atomic E-state index is -0.539. The van der Waals surface area contributed by atoms with Gasteiger partial charge in [-0.25, -0.2) is 4.39 Å². The summed E-state index contributed by atoms with van der Waals surface area (Å²) in [7, 11) is 0. The summed E-state index contributed by atoms with van der Waals surface area (Å²) in [6.45, 7) is 3.94. The Kier molecular flexibility index (Phi) is 4.70. The lowest BCUT2D eigenvalue weighted by molar-refractivity contribution is -0.117. The number of anilines is 3. The summed E-state index contributed by atoms with van der Waals surface area (Å²) in [5.41, 5.74) is 2.94. The van der Waals surface area contributed by atoms with Crippen molar-refractivity contribution in [3.05, 3.63) is 53.8 Å². The molecule has 0 radical (unpaired) electrons. The van der Waals surface area contributed by atoms with E-state index >= 15 is 0 Å². The van der Waals surface area contributed by atoms with Crippen LogP contribution in [0.25, 0.3) is 0 Å². The molecule has 0 saturated heterocycles. The summed E-state index contributed by atoms with van der Waals surface area (Å²) < 4.78 is 13.6. The molecule has 2 amide bonds. The van der Waals surface area contributed by atoms with Gasteiger partial charge in [0.05, 0.1) is 5.69 Å². The second-order valence-corrected chi connectivity index (χ2v) is 6.10. The number of amides is 2. The Hall–Kier alpha value is -2.89. The van der Waals surface area contributed by atoms with Crippen LogP contribution in [-0.2, 0) is 16.0 Å². The molecule has 1 unspecified atom stereocenters. The maximum atomic E-state index is 13.6. The van der Waals surface area contributed by atoms with Crippen molar-refractivity contribution >= 4 is 28.9 Å². The van der Waals surface area contributed by atoms with Crippen molar-refractivity contribution in [2.45, 2.75) is 26.3 Å². The van der Waals surface area contributed by atoms with Crippen molar-refractivity contribution in [2.24, 2.45) is 0 Å². The second-order valence-electron chi connectivity index (χ2n) is 6.10. The van der Waals surface area contributed by atoms with Crippen LogP contribution < -0.4 is 15.5 Å². The molecule has 1 heterocycles. The quantitative estimate of drug-likeness (QED) is 0.898. The average Bonchev–Trinajstić information content (AvgIpc) is 3.00.